The Bertz CT molecular complexity index is 3040. The molecule has 8 rings (SSSR count). The molecular weight excluding hydrogens is 964 g/mol. The minimum Gasteiger partial charge on any atom is -0.308 e. The number of rotatable bonds is 14. The minimum atomic E-state index is -4.72. The minimum absolute atomic E-state index is 0.186. The highest BCUT2D eigenvalue weighted by atomic mass is 35.5. The maximum atomic E-state index is 14.0. The Balaban J connectivity index is 1.25. The lowest BCUT2D eigenvalue weighted by atomic mass is 10.1. The van der Waals surface area contributed by atoms with E-state index in [4.69, 9.17) is 33.4 Å². The molecule has 0 atom stereocenters. The number of nitrogens with one attached hydrogen (secondary N) is 3. The van der Waals surface area contributed by atoms with E-state index in [-0.39, 0.29) is 35.9 Å². The average molecular weight is 997 g/mol. The van der Waals surface area contributed by atoms with E-state index in [1.807, 2.05) is 0 Å². The van der Waals surface area contributed by atoms with Gasteiger partial charge in [0.05, 0.1) is 43.7 Å². The monoisotopic (exact) mass is 995 g/mol. The van der Waals surface area contributed by atoms with Crippen LogP contribution in [0.25, 0.3) is 33.9 Å². The largest absolute Gasteiger partial charge is 0.416 e. The lowest BCUT2D eigenvalue weighted by Gasteiger charge is -2.14. The summed E-state index contributed by atoms with van der Waals surface area (Å²) in [5.74, 6) is -0.408. The third-order valence-corrected chi connectivity index (χ3v) is 13.5. The van der Waals surface area contributed by atoms with Gasteiger partial charge in [-0.3, -0.25) is 9.44 Å². The molecule has 2 heterocycles. The van der Waals surface area contributed by atoms with E-state index in [1.165, 1.54) is 9.36 Å². The number of sulfonamides is 2. The Morgan fingerprint density at radius 1 is 0.463 bits per heavy atom. The highest BCUT2D eigenvalue weighted by Crippen LogP contribution is 2.37. The van der Waals surface area contributed by atoms with Gasteiger partial charge in [0.1, 0.15) is 0 Å². The number of halogens is 8. The SMILES string of the molecule is O=S(=O)(Nc1nn(-c2ccc(Cl)cc2)c(-c2ccccc2)c1CNCc1c(NS(=O)(=O)c2ccc(C(F)(F)F)cc2)nn(-c2ccc(Cl)cc2)c1-c1ccccc1)c1ccc(C(F)(F)F)cc1. The molecule has 0 amide bonds. The molecule has 8 aromatic rings. The number of alkyl halides is 6. The molecule has 0 aliphatic heterocycles. The molecule has 0 fully saturated rings. The summed E-state index contributed by atoms with van der Waals surface area (Å²) in [5.41, 5.74) is 1.27. The second kappa shape index (κ2) is 18.6. The first-order valence-electron chi connectivity index (χ1n) is 19.8. The summed E-state index contributed by atoms with van der Waals surface area (Å²) in [4.78, 5) is -0.956. The Morgan fingerprint density at radius 3 is 1.10 bits per heavy atom. The molecule has 0 saturated heterocycles. The zero-order valence-corrected chi connectivity index (χ0v) is 37.3. The quantitative estimate of drug-likeness (QED) is 0.0922. The Morgan fingerprint density at radius 2 is 0.791 bits per heavy atom. The van der Waals surface area contributed by atoms with Gasteiger partial charge in [0.25, 0.3) is 20.0 Å². The van der Waals surface area contributed by atoms with Crippen molar-refractivity contribution in [2.45, 2.75) is 35.2 Å². The van der Waals surface area contributed by atoms with Crippen LogP contribution < -0.4 is 14.8 Å². The number of nitrogens with zero attached hydrogens (tertiary/aromatic N) is 4. The van der Waals surface area contributed by atoms with Crippen LogP contribution in [0.3, 0.4) is 0 Å². The van der Waals surface area contributed by atoms with Crippen molar-refractivity contribution in [3.05, 3.63) is 190 Å². The Labute approximate surface area is 389 Å². The highest BCUT2D eigenvalue weighted by Gasteiger charge is 2.33. The van der Waals surface area contributed by atoms with E-state index in [9.17, 15) is 43.2 Å². The molecule has 6 aromatic carbocycles. The van der Waals surface area contributed by atoms with Gasteiger partial charge in [-0.15, -0.1) is 10.2 Å². The van der Waals surface area contributed by atoms with Gasteiger partial charge in [-0.1, -0.05) is 83.9 Å². The number of aromatic nitrogens is 4. The van der Waals surface area contributed by atoms with Crippen LogP contribution in [0, 0.1) is 0 Å². The summed E-state index contributed by atoms with van der Waals surface area (Å²) >= 11 is 12.5. The van der Waals surface area contributed by atoms with E-state index < -0.39 is 53.3 Å². The van der Waals surface area contributed by atoms with E-state index in [1.54, 1.807) is 109 Å². The number of benzene rings is 6. The van der Waals surface area contributed by atoms with Gasteiger partial charge in [0.2, 0.25) is 0 Å². The molecule has 0 aliphatic carbocycles. The Kier molecular flexibility index (Phi) is 13.0. The molecule has 0 saturated carbocycles. The van der Waals surface area contributed by atoms with Crippen LogP contribution in [0.1, 0.15) is 22.3 Å². The molecule has 67 heavy (non-hydrogen) atoms. The van der Waals surface area contributed by atoms with E-state index in [0.717, 1.165) is 24.3 Å². The van der Waals surface area contributed by atoms with Crippen molar-refractivity contribution < 1.29 is 43.2 Å². The fraction of sp³-hybridized carbons (Fsp3) is 0.0870. The lowest BCUT2D eigenvalue weighted by molar-refractivity contribution is -0.138. The third kappa shape index (κ3) is 10.4. The first kappa shape index (κ1) is 46.9. The molecule has 2 aromatic heterocycles. The van der Waals surface area contributed by atoms with Crippen LogP contribution >= 0.6 is 23.2 Å². The van der Waals surface area contributed by atoms with Crippen LogP contribution in [0.5, 0.6) is 0 Å². The van der Waals surface area contributed by atoms with Crippen LogP contribution in [-0.2, 0) is 45.5 Å². The zero-order valence-electron chi connectivity index (χ0n) is 34.2. The van der Waals surface area contributed by atoms with Crippen LogP contribution in [0.4, 0.5) is 38.0 Å². The van der Waals surface area contributed by atoms with Crippen molar-refractivity contribution in [3.63, 3.8) is 0 Å². The van der Waals surface area contributed by atoms with Gasteiger partial charge in [-0.2, -0.15) is 26.3 Å². The van der Waals surface area contributed by atoms with Gasteiger partial charge in [0, 0.05) is 45.4 Å². The van der Waals surface area contributed by atoms with Crippen LogP contribution in [0.2, 0.25) is 10.0 Å². The van der Waals surface area contributed by atoms with Crippen molar-refractivity contribution in [1.29, 1.82) is 0 Å². The van der Waals surface area contributed by atoms with Crippen molar-refractivity contribution in [1.82, 2.24) is 24.9 Å². The van der Waals surface area contributed by atoms with Gasteiger partial charge in [-0.25, -0.2) is 26.2 Å². The van der Waals surface area contributed by atoms with Crippen molar-refractivity contribution in [3.8, 4) is 33.9 Å². The first-order valence-corrected chi connectivity index (χ1v) is 23.5. The molecule has 0 spiro atoms. The molecule has 0 bridgehead atoms. The molecule has 11 nitrogen and oxygen atoms in total. The summed E-state index contributed by atoms with van der Waals surface area (Å²) in [6.07, 6.45) is -9.44. The number of anilines is 2. The van der Waals surface area contributed by atoms with Crippen molar-refractivity contribution >= 4 is 54.9 Å². The van der Waals surface area contributed by atoms with Crippen LogP contribution in [0.15, 0.2) is 168 Å². The number of hydrogen-bond donors (Lipinski definition) is 3. The summed E-state index contributed by atoms with van der Waals surface area (Å²) < 4.78 is 144. The van der Waals surface area contributed by atoms with Gasteiger partial charge in [-0.05, 0) is 97.1 Å². The molecule has 344 valence electrons. The summed E-state index contributed by atoms with van der Waals surface area (Å²) in [6, 6.07) is 36.6. The van der Waals surface area contributed by atoms with Gasteiger partial charge >= 0.3 is 12.4 Å². The first-order chi connectivity index (χ1) is 31.8. The smallest absolute Gasteiger partial charge is 0.308 e. The lowest BCUT2D eigenvalue weighted by Crippen LogP contribution is -2.19. The molecule has 0 radical (unpaired) electrons. The van der Waals surface area contributed by atoms with E-state index in [2.05, 4.69) is 14.8 Å². The summed E-state index contributed by atoms with van der Waals surface area (Å²) in [7, 11) is -9.18. The van der Waals surface area contributed by atoms with Gasteiger partial charge in [0.15, 0.2) is 11.6 Å². The molecular formula is C46H33Cl2F6N7O4S2. The van der Waals surface area contributed by atoms with Crippen molar-refractivity contribution in [2.24, 2.45) is 0 Å². The molecule has 3 N–H and O–H groups in total. The molecule has 21 heteroatoms. The zero-order chi connectivity index (χ0) is 47.7. The van der Waals surface area contributed by atoms with Crippen LogP contribution in [-0.4, -0.2) is 36.4 Å². The summed E-state index contributed by atoms with van der Waals surface area (Å²) in [5, 5.41) is 13.5. The second-order valence-electron chi connectivity index (χ2n) is 14.7. The van der Waals surface area contributed by atoms with Gasteiger partial charge < -0.3 is 5.32 Å². The topological polar surface area (TPSA) is 140 Å². The second-order valence-corrected chi connectivity index (χ2v) is 19.0. The summed E-state index contributed by atoms with van der Waals surface area (Å²) in [6.45, 7) is -0.373. The average Bonchev–Trinajstić information content (AvgIpc) is 3.83. The maximum Gasteiger partial charge on any atom is 0.416 e. The fourth-order valence-corrected chi connectivity index (χ4v) is 9.37. The predicted octanol–water partition coefficient (Wildman–Crippen LogP) is 11.6. The molecule has 0 unspecified atom stereocenters. The fourth-order valence-electron chi connectivity index (χ4n) is 7.05. The predicted molar refractivity (Wildman–Crippen MR) is 243 cm³/mol. The standard InChI is InChI=1S/C46H33Cl2F6N7O4S2/c47-33-15-19-35(20-16-33)60-41(29-7-3-1-4-8-29)39(43(56-60)58-66(62,63)37-23-11-31(12-24-37)45(49,50)51)27-55-28-40-42(30-9-5-2-6-10-30)61(36-21-17-34(48)18-22-36)57-44(40)59-67(64,65)38-25-13-32(14-26-38)46(52,53)54/h1-26,55H,27-28H2,(H,56,58)(H,57,59). The normalized spacial score (nSPS) is 12.3. The number of hydrogen-bond acceptors (Lipinski definition) is 7. The van der Waals surface area contributed by atoms with E-state index >= 15 is 0 Å². The highest BCUT2D eigenvalue weighted by molar-refractivity contribution is 7.93. The molecule has 0 aliphatic rings. The maximum absolute atomic E-state index is 14.0. The van der Waals surface area contributed by atoms with Crippen molar-refractivity contribution in [2.75, 3.05) is 9.44 Å². The van der Waals surface area contributed by atoms with E-state index in [0.29, 0.717) is 68.2 Å². The third-order valence-electron chi connectivity index (χ3n) is 10.3. The Hall–Kier alpha value is -6.64.